The molecule has 0 aliphatic carbocycles. The summed E-state index contributed by atoms with van der Waals surface area (Å²) < 4.78 is 0. The molecule has 2 atom stereocenters. The molecule has 0 saturated carbocycles. The molecule has 32 heavy (non-hydrogen) atoms. The predicted molar refractivity (Wildman–Crippen MR) is 125 cm³/mol. The van der Waals surface area contributed by atoms with Crippen LogP contribution >= 0.6 is 0 Å². The molecule has 2 unspecified atom stereocenters. The SMILES string of the molecule is CC(NC(=O)C1CCCN(C(=O)c2cccc3ccccc23)C1)c1nc2ccccc2[nH]1. The van der Waals surface area contributed by atoms with Gasteiger partial charge >= 0.3 is 0 Å². The van der Waals surface area contributed by atoms with Crippen LogP contribution in [-0.2, 0) is 4.79 Å². The number of benzene rings is 3. The lowest BCUT2D eigenvalue weighted by molar-refractivity contribution is -0.127. The van der Waals surface area contributed by atoms with E-state index in [1.165, 1.54) is 0 Å². The summed E-state index contributed by atoms with van der Waals surface area (Å²) in [5, 5.41) is 5.08. The molecular weight excluding hydrogens is 400 g/mol. The van der Waals surface area contributed by atoms with Crippen molar-refractivity contribution < 1.29 is 9.59 Å². The molecule has 1 aliphatic rings. The number of para-hydroxylation sites is 2. The number of hydrogen-bond donors (Lipinski definition) is 2. The van der Waals surface area contributed by atoms with Crippen LogP contribution in [0.15, 0.2) is 66.7 Å². The van der Waals surface area contributed by atoms with E-state index in [1.807, 2.05) is 78.6 Å². The maximum atomic E-state index is 13.3. The number of piperidine rings is 1. The van der Waals surface area contributed by atoms with Crippen LogP contribution in [0, 0.1) is 5.92 Å². The van der Waals surface area contributed by atoms with Gasteiger partial charge in [0.1, 0.15) is 5.82 Å². The van der Waals surface area contributed by atoms with Gasteiger partial charge in [-0.15, -0.1) is 0 Å². The molecule has 0 radical (unpaired) electrons. The molecule has 162 valence electrons. The van der Waals surface area contributed by atoms with Crippen molar-refractivity contribution in [3.8, 4) is 0 Å². The van der Waals surface area contributed by atoms with Crippen molar-refractivity contribution in [1.29, 1.82) is 0 Å². The number of H-pyrrole nitrogens is 1. The van der Waals surface area contributed by atoms with Crippen LogP contribution in [0.2, 0.25) is 0 Å². The van der Waals surface area contributed by atoms with Crippen LogP contribution < -0.4 is 5.32 Å². The number of amides is 2. The lowest BCUT2D eigenvalue weighted by atomic mass is 9.95. The van der Waals surface area contributed by atoms with Crippen molar-refractivity contribution in [2.24, 2.45) is 5.92 Å². The Morgan fingerprint density at radius 3 is 2.72 bits per heavy atom. The van der Waals surface area contributed by atoms with Gasteiger partial charge in [-0.3, -0.25) is 9.59 Å². The van der Waals surface area contributed by atoms with E-state index in [9.17, 15) is 9.59 Å². The van der Waals surface area contributed by atoms with Gasteiger partial charge in [0.05, 0.1) is 23.0 Å². The lowest BCUT2D eigenvalue weighted by Crippen LogP contribution is -2.46. The van der Waals surface area contributed by atoms with Crippen LogP contribution in [0.4, 0.5) is 0 Å². The highest BCUT2D eigenvalue weighted by Gasteiger charge is 2.30. The molecule has 6 heteroatoms. The van der Waals surface area contributed by atoms with Gasteiger partial charge < -0.3 is 15.2 Å². The highest BCUT2D eigenvalue weighted by molar-refractivity contribution is 6.07. The van der Waals surface area contributed by atoms with Gasteiger partial charge in [0.25, 0.3) is 5.91 Å². The van der Waals surface area contributed by atoms with Gasteiger partial charge in [-0.25, -0.2) is 4.98 Å². The summed E-state index contributed by atoms with van der Waals surface area (Å²) in [5.41, 5.74) is 2.53. The molecule has 4 aromatic rings. The molecule has 1 aromatic heterocycles. The monoisotopic (exact) mass is 426 g/mol. The Morgan fingerprint density at radius 2 is 1.84 bits per heavy atom. The summed E-state index contributed by atoms with van der Waals surface area (Å²) in [6.45, 7) is 3.03. The largest absolute Gasteiger partial charge is 0.346 e. The zero-order valence-electron chi connectivity index (χ0n) is 18.0. The Morgan fingerprint density at radius 1 is 1.06 bits per heavy atom. The summed E-state index contributed by atoms with van der Waals surface area (Å²) in [4.78, 5) is 36.0. The Bertz CT molecular complexity index is 1260. The molecular formula is C26H26N4O2. The quantitative estimate of drug-likeness (QED) is 0.506. The molecule has 2 amide bonds. The second-order valence-electron chi connectivity index (χ2n) is 8.49. The predicted octanol–water partition coefficient (Wildman–Crippen LogP) is 4.45. The van der Waals surface area contributed by atoms with Crippen LogP contribution in [0.25, 0.3) is 21.8 Å². The van der Waals surface area contributed by atoms with Gasteiger partial charge in [0.2, 0.25) is 5.91 Å². The molecule has 2 heterocycles. The first kappa shape index (κ1) is 20.2. The zero-order chi connectivity index (χ0) is 22.1. The minimum atomic E-state index is -0.237. The second kappa shape index (κ2) is 8.46. The Balaban J connectivity index is 1.28. The van der Waals surface area contributed by atoms with Gasteiger partial charge in [0.15, 0.2) is 0 Å². The molecule has 0 spiro atoms. The number of nitrogens with one attached hydrogen (secondary N) is 2. The number of likely N-dealkylation sites (tertiary alicyclic amines) is 1. The number of aromatic amines is 1. The first-order valence-electron chi connectivity index (χ1n) is 11.1. The molecule has 2 N–H and O–H groups in total. The highest BCUT2D eigenvalue weighted by Crippen LogP contribution is 2.24. The third-order valence-corrected chi connectivity index (χ3v) is 6.28. The maximum absolute atomic E-state index is 13.3. The van der Waals surface area contributed by atoms with E-state index in [0.717, 1.165) is 40.5 Å². The first-order valence-corrected chi connectivity index (χ1v) is 11.1. The standard InChI is InChI=1S/C26H26N4O2/c1-17(24-28-22-13-4-5-14-23(22)29-24)27-25(31)19-10-7-15-30(16-19)26(32)21-12-6-9-18-8-2-3-11-20(18)21/h2-6,8-9,11-14,17,19H,7,10,15-16H2,1H3,(H,27,31)(H,28,29). The summed E-state index contributed by atoms with van der Waals surface area (Å²) in [6.07, 6.45) is 1.59. The van der Waals surface area contributed by atoms with Crippen LogP contribution in [0.3, 0.4) is 0 Å². The first-order chi connectivity index (χ1) is 15.6. The third-order valence-electron chi connectivity index (χ3n) is 6.28. The molecule has 5 rings (SSSR count). The highest BCUT2D eigenvalue weighted by atomic mass is 16.2. The topological polar surface area (TPSA) is 78.1 Å². The van der Waals surface area contributed by atoms with Gasteiger partial charge in [-0.1, -0.05) is 48.5 Å². The minimum Gasteiger partial charge on any atom is -0.346 e. The average Bonchev–Trinajstić information content (AvgIpc) is 3.28. The number of imidazole rings is 1. The van der Waals surface area contributed by atoms with E-state index >= 15 is 0 Å². The van der Waals surface area contributed by atoms with Gasteiger partial charge in [0, 0.05) is 18.7 Å². The number of hydrogen-bond acceptors (Lipinski definition) is 3. The number of fused-ring (bicyclic) bond motifs is 2. The summed E-state index contributed by atoms with van der Waals surface area (Å²) in [6, 6.07) is 21.3. The van der Waals surface area contributed by atoms with E-state index < -0.39 is 0 Å². The number of rotatable bonds is 4. The van der Waals surface area contributed by atoms with E-state index in [0.29, 0.717) is 18.7 Å². The number of carbonyl (C=O) groups is 2. The molecule has 1 saturated heterocycles. The maximum Gasteiger partial charge on any atom is 0.254 e. The molecule has 1 fully saturated rings. The van der Waals surface area contributed by atoms with E-state index in [2.05, 4.69) is 15.3 Å². The number of aromatic nitrogens is 2. The normalized spacial score (nSPS) is 17.4. The average molecular weight is 427 g/mol. The summed E-state index contributed by atoms with van der Waals surface area (Å²) in [5.74, 6) is 0.464. The van der Waals surface area contributed by atoms with Crippen molar-refractivity contribution in [2.75, 3.05) is 13.1 Å². The van der Waals surface area contributed by atoms with Crippen molar-refractivity contribution in [1.82, 2.24) is 20.2 Å². The number of nitrogens with zero attached hydrogens (tertiary/aromatic N) is 2. The Labute approximate surface area is 186 Å². The summed E-state index contributed by atoms with van der Waals surface area (Å²) in [7, 11) is 0. The Hall–Kier alpha value is -3.67. The van der Waals surface area contributed by atoms with Gasteiger partial charge in [-0.2, -0.15) is 0 Å². The third kappa shape index (κ3) is 3.84. The smallest absolute Gasteiger partial charge is 0.254 e. The van der Waals surface area contributed by atoms with Crippen molar-refractivity contribution in [2.45, 2.75) is 25.8 Å². The van der Waals surface area contributed by atoms with Crippen molar-refractivity contribution >= 4 is 33.6 Å². The van der Waals surface area contributed by atoms with Gasteiger partial charge in [-0.05, 0) is 48.7 Å². The fourth-order valence-corrected chi connectivity index (χ4v) is 4.54. The van der Waals surface area contributed by atoms with E-state index in [1.54, 1.807) is 0 Å². The molecule has 1 aliphatic heterocycles. The lowest BCUT2D eigenvalue weighted by Gasteiger charge is -2.32. The number of carbonyl (C=O) groups excluding carboxylic acids is 2. The molecule has 0 bridgehead atoms. The molecule has 6 nitrogen and oxygen atoms in total. The second-order valence-corrected chi connectivity index (χ2v) is 8.49. The van der Waals surface area contributed by atoms with Crippen LogP contribution in [-0.4, -0.2) is 39.8 Å². The summed E-state index contributed by atoms with van der Waals surface area (Å²) >= 11 is 0. The fraction of sp³-hybridized carbons (Fsp3) is 0.269. The van der Waals surface area contributed by atoms with Crippen molar-refractivity contribution in [3.05, 3.63) is 78.1 Å². The Kier molecular flexibility index (Phi) is 5.35. The minimum absolute atomic E-state index is 0.00960. The zero-order valence-corrected chi connectivity index (χ0v) is 18.0. The van der Waals surface area contributed by atoms with Crippen molar-refractivity contribution in [3.63, 3.8) is 0 Å². The fourth-order valence-electron chi connectivity index (χ4n) is 4.54. The van der Waals surface area contributed by atoms with Crippen LogP contribution in [0.5, 0.6) is 0 Å². The van der Waals surface area contributed by atoms with E-state index in [4.69, 9.17) is 0 Å². The van der Waals surface area contributed by atoms with Crippen LogP contribution in [0.1, 0.15) is 42.0 Å². The molecule has 3 aromatic carbocycles. The van der Waals surface area contributed by atoms with E-state index in [-0.39, 0.29) is 23.8 Å².